The van der Waals surface area contributed by atoms with Crippen LogP contribution in [0, 0.1) is 12.3 Å². The van der Waals surface area contributed by atoms with Gasteiger partial charge in [0.15, 0.2) is 0 Å². The number of imide groups is 1. The van der Waals surface area contributed by atoms with Gasteiger partial charge in [0, 0.05) is 33.7 Å². The topological polar surface area (TPSA) is 51.5 Å². The van der Waals surface area contributed by atoms with E-state index in [1.165, 1.54) is 0 Å². The highest BCUT2D eigenvalue weighted by Crippen LogP contribution is 2.34. The normalized spacial score (nSPS) is 15.0. The van der Waals surface area contributed by atoms with Crippen molar-refractivity contribution in [2.24, 2.45) is 0 Å². The first-order valence-electron chi connectivity index (χ1n) is 9.82. The lowest BCUT2D eigenvalue weighted by Gasteiger charge is -2.09. The van der Waals surface area contributed by atoms with Crippen molar-refractivity contribution in [1.29, 1.82) is 0 Å². The summed E-state index contributed by atoms with van der Waals surface area (Å²) in [5.41, 5.74) is 1.89. The number of benzene rings is 2. The van der Waals surface area contributed by atoms with Gasteiger partial charge in [0.1, 0.15) is 5.75 Å². The van der Waals surface area contributed by atoms with E-state index in [0.717, 1.165) is 50.6 Å². The number of carbonyl (C=O) groups excluding carboxylic acids is 2. The van der Waals surface area contributed by atoms with Crippen LogP contribution in [0.2, 0.25) is 5.02 Å². The highest BCUT2D eigenvalue weighted by Gasteiger charge is 2.34. The van der Waals surface area contributed by atoms with Crippen molar-refractivity contribution in [1.82, 2.24) is 9.47 Å². The van der Waals surface area contributed by atoms with Gasteiger partial charge >= 0.3 is 0 Å². The maximum absolute atomic E-state index is 12.6. The van der Waals surface area contributed by atoms with E-state index in [1.807, 2.05) is 42.6 Å². The third-order valence-electron chi connectivity index (χ3n) is 4.92. The molecule has 0 unspecified atom stereocenters. The molecule has 0 aliphatic carbocycles. The second kappa shape index (κ2) is 9.86. The van der Waals surface area contributed by atoms with E-state index in [-0.39, 0.29) is 17.7 Å². The zero-order chi connectivity index (χ0) is 22.7. The summed E-state index contributed by atoms with van der Waals surface area (Å²) in [7, 11) is 0. The third-order valence-corrected chi connectivity index (χ3v) is 6.63. The summed E-state index contributed by atoms with van der Waals surface area (Å²) in [5, 5.41) is 1.22. The number of rotatable bonds is 7. The van der Waals surface area contributed by atoms with Gasteiger partial charge in [0.05, 0.1) is 23.1 Å². The average molecular weight is 530 g/mol. The predicted molar refractivity (Wildman–Crippen MR) is 133 cm³/mol. The van der Waals surface area contributed by atoms with Crippen LogP contribution in [0.4, 0.5) is 4.79 Å². The minimum atomic E-state index is -0.359. The van der Waals surface area contributed by atoms with Gasteiger partial charge in [-0.05, 0) is 54.6 Å². The van der Waals surface area contributed by atoms with Crippen molar-refractivity contribution in [3.63, 3.8) is 0 Å². The lowest BCUT2D eigenvalue weighted by Crippen LogP contribution is -2.28. The molecular weight excluding hydrogens is 512 g/mol. The number of para-hydroxylation sites is 1. The molecule has 1 saturated heterocycles. The van der Waals surface area contributed by atoms with Crippen LogP contribution >= 0.6 is 39.3 Å². The number of aromatic nitrogens is 1. The molecule has 4 rings (SSSR count). The molecule has 1 aromatic heterocycles. The number of amides is 2. The lowest BCUT2D eigenvalue weighted by atomic mass is 10.1. The Bertz CT molecular complexity index is 1280. The number of fused-ring (bicyclic) bond motifs is 1. The Kier molecular flexibility index (Phi) is 6.95. The Morgan fingerprint density at radius 3 is 2.81 bits per heavy atom. The van der Waals surface area contributed by atoms with E-state index in [9.17, 15) is 9.59 Å². The van der Waals surface area contributed by atoms with Gasteiger partial charge in [-0.2, -0.15) is 0 Å². The fourth-order valence-electron chi connectivity index (χ4n) is 3.44. The molecular formula is C24H18BrClN2O3S. The third kappa shape index (κ3) is 4.73. The van der Waals surface area contributed by atoms with Crippen LogP contribution in [0.3, 0.4) is 0 Å². The highest BCUT2D eigenvalue weighted by atomic mass is 79.9. The van der Waals surface area contributed by atoms with Crippen molar-refractivity contribution in [2.45, 2.75) is 13.0 Å². The van der Waals surface area contributed by atoms with E-state index >= 15 is 0 Å². The fourth-order valence-corrected chi connectivity index (χ4v) is 4.83. The van der Waals surface area contributed by atoms with Crippen LogP contribution < -0.4 is 4.74 Å². The lowest BCUT2D eigenvalue weighted by molar-refractivity contribution is -0.122. The number of aryl methyl sites for hydroxylation is 1. The molecule has 2 heterocycles. The van der Waals surface area contributed by atoms with E-state index in [2.05, 4.69) is 26.4 Å². The standard InChI is InChI=1S/C24H18BrClN2O3S/c1-2-10-28-23(29)22(32-24(28)30)13-16-15-27(20-9-8-17(25)14-18(16)20)11-5-12-31-21-7-4-3-6-19(21)26/h1,3-4,6-9,13-15H,5,10-12H2/b22-13-. The zero-order valence-corrected chi connectivity index (χ0v) is 20.0. The van der Waals surface area contributed by atoms with E-state index < -0.39 is 0 Å². The molecule has 0 N–H and O–H groups in total. The van der Waals surface area contributed by atoms with Gasteiger partial charge in [0.25, 0.3) is 11.1 Å². The molecule has 0 bridgehead atoms. The van der Waals surface area contributed by atoms with Crippen LogP contribution in [-0.4, -0.2) is 33.8 Å². The van der Waals surface area contributed by atoms with Crippen molar-refractivity contribution in [3.8, 4) is 18.1 Å². The summed E-state index contributed by atoms with van der Waals surface area (Å²) in [6.45, 7) is 1.20. The molecule has 0 spiro atoms. The Balaban J connectivity index is 1.55. The van der Waals surface area contributed by atoms with Gasteiger partial charge in [-0.1, -0.05) is 45.6 Å². The average Bonchev–Trinajstić information content (AvgIpc) is 3.24. The van der Waals surface area contributed by atoms with Crippen LogP contribution in [0.5, 0.6) is 5.75 Å². The molecule has 2 amide bonds. The number of thioether (sulfide) groups is 1. The van der Waals surface area contributed by atoms with Crippen molar-refractivity contribution in [2.75, 3.05) is 13.2 Å². The summed E-state index contributed by atoms with van der Waals surface area (Å²) in [6, 6.07) is 13.4. The molecule has 3 aromatic rings. The summed E-state index contributed by atoms with van der Waals surface area (Å²) in [6.07, 6.45) is 9.79. The summed E-state index contributed by atoms with van der Waals surface area (Å²) >= 11 is 10.6. The van der Waals surface area contributed by atoms with Gasteiger partial charge < -0.3 is 9.30 Å². The number of nitrogens with zero attached hydrogens (tertiary/aromatic N) is 2. The second-order valence-electron chi connectivity index (χ2n) is 7.04. The molecule has 1 aliphatic rings. The number of ether oxygens (including phenoxy) is 1. The Morgan fingerprint density at radius 2 is 2.03 bits per heavy atom. The Labute approximate surface area is 203 Å². The number of halogens is 2. The molecule has 1 aliphatic heterocycles. The molecule has 8 heteroatoms. The van der Waals surface area contributed by atoms with Crippen LogP contribution in [-0.2, 0) is 11.3 Å². The van der Waals surface area contributed by atoms with Crippen LogP contribution in [0.25, 0.3) is 17.0 Å². The number of hydrogen-bond acceptors (Lipinski definition) is 4. The fraction of sp³-hybridized carbons (Fsp3) is 0.167. The van der Waals surface area contributed by atoms with Gasteiger partial charge in [-0.3, -0.25) is 14.5 Å². The summed E-state index contributed by atoms with van der Waals surface area (Å²) in [5.74, 6) is 2.66. The van der Waals surface area contributed by atoms with Gasteiger partial charge in [0.2, 0.25) is 0 Å². The molecule has 0 atom stereocenters. The molecule has 5 nitrogen and oxygen atoms in total. The van der Waals surface area contributed by atoms with Crippen molar-refractivity contribution in [3.05, 3.63) is 68.6 Å². The number of carbonyl (C=O) groups is 2. The SMILES string of the molecule is C#CCN1C(=O)S/C(=C\c2cn(CCCOc3ccccc3Cl)c3ccc(Br)cc23)C1=O. The zero-order valence-electron chi connectivity index (χ0n) is 16.9. The van der Waals surface area contributed by atoms with E-state index in [1.54, 1.807) is 12.1 Å². The van der Waals surface area contributed by atoms with Gasteiger partial charge in [-0.25, -0.2) is 0 Å². The molecule has 1 fully saturated rings. The Morgan fingerprint density at radius 1 is 1.22 bits per heavy atom. The van der Waals surface area contributed by atoms with Crippen LogP contribution in [0.15, 0.2) is 58.0 Å². The van der Waals surface area contributed by atoms with E-state index in [0.29, 0.717) is 22.3 Å². The molecule has 0 radical (unpaired) electrons. The van der Waals surface area contributed by atoms with Crippen molar-refractivity contribution >= 4 is 67.4 Å². The molecule has 162 valence electrons. The summed E-state index contributed by atoms with van der Waals surface area (Å²) < 4.78 is 8.84. The van der Waals surface area contributed by atoms with Crippen molar-refractivity contribution < 1.29 is 14.3 Å². The minimum Gasteiger partial charge on any atom is -0.492 e. The second-order valence-corrected chi connectivity index (χ2v) is 9.36. The molecule has 2 aromatic carbocycles. The van der Waals surface area contributed by atoms with Crippen LogP contribution in [0.1, 0.15) is 12.0 Å². The monoisotopic (exact) mass is 528 g/mol. The number of terminal acetylenes is 1. The molecule has 0 saturated carbocycles. The first-order valence-corrected chi connectivity index (χ1v) is 11.8. The Hall–Kier alpha value is -2.66. The quantitative estimate of drug-likeness (QED) is 0.208. The van der Waals surface area contributed by atoms with E-state index in [4.69, 9.17) is 22.8 Å². The predicted octanol–water partition coefficient (Wildman–Crippen LogP) is 6.20. The largest absolute Gasteiger partial charge is 0.492 e. The molecule has 32 heavy (non-hydrogen) atoms. The first-order chi connectivity index (χ1) is 15.5. The smallest absolute Gasteiger partial charge is 0.294 e. The van der Waals surface area contributed by atoms with Gasteiger partial charge in [-0.15, -0.1) is 6.42 Å². The maximum Gasteiger partial charge on any atom is 0.294 e. The maximum atomic E-state index is 12.6. The highest BCUT2D eigenvalue weighted by molar-refractivity contribution is 9.10. The minimum absolute atomic E-state index is 0.0270. The number of hydrogen-bond donors (Lipinski definition) is 0. The first kappa shape index (κ1) is 22.5. The summed E-state index contributed by atoms with van der Waals surface area (Å²) in [4.78, 5) is 26.1.